The van der Waals surface area contributed by atoms with Crippen molar-refractivity contribution in [3.05, 3.63) is 51.8 Å². The number of amides is 1. The van der Waals surface area contributed by atoms with Gasteiger partial charge in [0.25, 0.3) is 11.5 Å². The molecule has 6 rings (SSSR count). The highest BCUT2D eigenvalue weighted by atomic mass is 16.5. The zero-order valence-electron chi connectivity index (χ0n) is 17.8. The average molecular weight is 435 g/mol. The number of piperidine rings is 1. The number of morpholine rings is 1. The van der Waals surface area contributed by atoms with Crippen molar-refractivity contribution in [3.8, 4) is 0 Å². The molecule has 1 aliphatic carbocycles. The average Bonchev–Trinajstić information content (AvgIpc) is 3.42. The molecule has 0 atom stereocenters. The van der Waals surface area contributed by atoms with Crippen LogP contribution in [-0.2, 0) is 16.6 Å². The molecule has 3 aromatic rings. The molecule has 10 heteroatoms. The number of hydrogen-bond donors (Lipinski definition) is 1. The van der Waals surface area contributed by atoms with Gasteiger partial charge >= 0.3 is 0 Å². The molecule has 32 heavy (non-hydrogen) atoms. The second kappa shape index (κ2) is 7.40. The Balaban J connectivity index is 1.25. The van der Waals surface area contributed by atoms with Crippen LogP contribution in [0.25, 0.3) is 5.65 Å². The number of nitrogens with zero attached hydrogens (tertiary/aromatic N) is 6. The van der Waals surface area contributed by atoms with E-state index in [0.29, 0.717) is 43.6 Å². The number of anilines is 1. The molecule has 2 fully saturated rings. The van der Waals surface area contributed by atoms with Gasteiger partial charge in [0.1, 0.15) is 0 Å². The third kappa shape index (κ3) is 3.01. The summed E-state index contributed by atoms with van der Waals surface area (Å²) >= 11 is 0. The molecule has 0 saturated carbocycles. The van der Waals surface area contributed by atoms with Crippen LogP contribution in [0.4, 0.5) is 5.95 Å². The van der Waals surface area contributed by atoms with Gasteiger partial charge in [0.2, 0.25) is 5.95 Å². The molecule has 0 radical (unpaired) electrons. The van der Waals surface area contributed by atoms with Crippen LogP contribution in [0, 0.1) is 0 Å². The van der Waals surface area contributed by atoms with E-state index in [4.69, 9.17) is 9.72 Å². The molecule has 3 aliphatic rings. The van der Waals surface area contributed by atoms with Crippen molar-refractivity contribution < 1.29 is 9.53 Å². The van der Waals surface area contributed by atoms with E-state index < -0.39 is 0 Å². The normalized spacial score (nSPS) is 20.1. The number of rotatable bonds is 2. The van der Waals surface area contributed by atoms with Gasteiger partial charge in [0, 0.05) is 43.4 Å². The maximum Gasteiger partial charge on any atom is 0.274 e. The second-order valence-electron chi connectivity index (χ2n) is 8.83. The predicted octanol–water partition coefficient (Wildman–Crippen LogP) is 0.769. The molecule has 5 heterocycles. The number of likely N-dealkylation sites (tertiary alicyclic amines) is 1. The fourth-order valence-electron chi connectivity index (χ4n) is 5.33. The maximum absolute atomic E-state index is 13.2. The summed E-state index contributed by atoms with van der Waals surface area (Å²) in [4.78, 5) is 42.2. The molecule has 1 amide bonds. The number of carbonyl (C=O) groups excluding carboxylic acids is 1. The van der Waals surface area contributed by atoms with Gasteiger partial charge in [0.05, 0.1) is 25.1 Å². The smallest absolute Gasteiger partial charge is 0.274 e. The monoisotopic (exact) mass is 435 g/mol. The van der Waals surface area contributed by atoms with Crippen molar-refractivity contribution in [2.75, 3.05) is 44.3 Å². The standard InChI is InChI=1S/C22H25N7O3/c30-19-15-3-4-22(18(15)25-21(26-19)28-10-12-32-13-11-28)5-8-27(9-6-22)20(31)16-14-23-17-2-1-7-24-29(16)17/h1-2,7,14H,3-6,8-13H2,(H,25,26,30). The Bertz CT molecular complexity index is 1240. The molecule has 10 nitrogen and oxygen atoms in total. The van der Waals surface area contributed by atoms with Crippen LogP contribution in [0.1, 0.15) is 41.0 Å². The zero-order chi connectivity index (χ0) is 21.7. The van der Waals surface area contributed by atoms with Crippen LogP contribution in [0.2, 0.25) is 0 Å². The van der Waals surface area contributed by atoms with E-state index in [-0.39, 0.29) is 16.9 Å². The number of aromatic amines is 1. The Morgan fingerprint density at radius 3 is 2.75 bits per heavy atom. The number of H-pyrrole nitrogens is 1. The van der Waals surface area contributed by atoms with Crippen LogP contribution in [0.5, 0.6) is 0 Å². The van der Waals surface area contributed by atoms with E-state index in [1.807, 2.05) is 11.0 Å². The lowest BCUT2D eigenvalue weighted by Gasteiger charge is -2.39. The van der Waals surface area contributed by atoms with Crippen molar-refractivity contribution in [2.24, 2.45) is 0 Å². The van der Waals surface area contributed by atoms with Gasteiger partial charge in [-0.3, -0.25) is 14.6 Å². The molecule has 2 saturated heterocycles. The number of ether oxygens (including phenoxy) is 1. The molecule has 3 aromatic heterocycles. The van der Waals surface area contributed by atoms with Crippen LogP contribution in [0.3, 0.4) is 0 Å². The van der Waals surface area contributed by atoms with Crippen LogP contribution in [0.15, 0.2) is 29.3 Å². The first kappa shape index (κ1) is 19.4. The lowest BCUT2D eigenvalue weighted by Crippen LogP contribution is -2.45. The van der Waals surface area contributed by atoms with Crippen molar-refractivity contribution in [1.82, 2.24) is 29.5 Å². The number of hydrogen-bond acceptors (Lipinski definition) is 7. The van der Waals surface area contributed by atoms with E-state index >= 15 is 0 Å². The predicted molar refractivity (Wildman–Crippen MR) is 116 cm³/mol. The number of imidazole rings is 1. The molecule has 2 aliphatic heterocycles. The van der Waals surface area contributed by atoms with Gasteiger partial charge in [-0.1, -0.05) is 0 Å². The third-order valence-corrected chi connectivity index (χ3v) is 7.17. The second-order valence-corrected chi connectivity index (χ2v) is 8.83. The summed E-state index contributed by atoms with van der Waals surface area (Å²) in [5.74, 6) is 0.589. The van der Waals surface area contributed by atoms with E-state index in [9.17, 15) is 9.59 Å². The highest BCUT2D eigenvalue weighted by Gasteiger charge is 2.45. The minimum absolute atomic E-state index is 0.0244. The summed E-state index contributed by atoms with van der Waals surface area (Å²) in [6.45, 7) is 3.98. The lowest BCUT2D eigenvalue weighted by molar-refractivity contribution is 0.0655. The highest BCUT2D eigenvalue weighted by Crippen LogP contribution is 2.44. The first-order valence-corrected chi connectivity index (χ1v) is 11.2. The molecular weight excluding hydrogens is 410 g/mol. The summed E-state index contributed by atoms with van der Waals surface area (Å²) in [5.41, 5.74) is 2.72. The van der Waals surface area contributed by atoms with Crippen LogP contribution >= 0.6 is 0 Å². The maximum atomic E-state index is 13.2. The molecule has 0 unspecified atom stereocenters. The Morgan fingerprint density at radius 1 is 1.12 bits per heavy atom. The highest BCUT2D eigenvalue weighted by molar-refractivity contribution is 5.93. The van der Waals surface area contributed by atoms with E-state index in [2.05, 4.69) is 20.0 Å². The Labute approximate surface area is 184 Å². The number of aromatic nitrogens is 5. The fraction of sp³-hybridized carbons (Fsp3) is 0.500. The van der Waals surface area contributed by atoms with Crippen LogP contribution < -0.4 is 10.5 Å². The molecule has 1 spiro atoms. The van der Waals surface area contributed by atoms with Gasteiger partial charge < -0.3 is 14.5 Å². The summed E-state index contributed by atoms with van der Waals surface area (Å²) < 4.78 is 7.03. The molecule has 0 bridgehead atoms. The van der Waals surface area contributed by atoms with Gasteiger partial charge in [-0.15, -0.1) is 0 Å². The molecular formula is C22H25N7O3. The van der Waals surface area contributed by atoms with Crippen LogP contribution in [-0.4, -0.2) is 74.8 Å². The number of nitrogens with one attached hydrogen (secondary N) is 1. The van der Waals surface area contributed by atoms with Crippen molar-refractivity contribution >= 4 is 17.5 Å². The van der Waals surface area contributed by atoms with Crippen molar-refractivity contribution in [3.63, 3.8) is 0 Å². The summed E-state index contributed by atoms with van der Waals surface area (Å²) in [7, 11) is 0. The van der Waals surface area contributed by atoms with Gasteiger partial charge in [-0.05, 0) is 37.8 Å². The largest absolute Gasteiger partial charge is 0.378 e. The Morgan fingerprint density at radius 2 is 1.94 bits per heavy atom. The third-order valence-electron chi connectivity index (χ3n) is 7.17. The zero-order valence-corrected chi connectivity index (χ0v) is 17.8. The van der Waals surface area contributed by atoms with E-state index in [1.165, 1.54) is 0 Å². The minimum Gasteiger partial charge on any atom is -0.378 e. The van der Waals surface area contributed by atoms with Gasteiger partial charge in [-0.25, -0.2) is 14.5 Å². The topological polar surface area (TPSA) is 109 Å². The SMILES string of the molecule is O=C(c1cnc2cccnn12)N1CCC2(CCc3c2nc(N2CCOCC2)[nH]c3=O)CC1. The molecule has 0 aromatic carbocycles. The quantitative estimate of drug-likeness (QED) is 0.633. The summed E-state index contributed by atoms with van der Waals surface area (Å²) in [6.07, 6.45) is 6.50. The minimum atomic E-state index is -0.140. The fourth-order valence-corrected chi connectivity index (χ4v) is 5.33. The van der Waals surface area contributed by atoms with Gasteiger partial charge in [0.15, 0.2) is 11.3 Å². The van der Waals surface area contributed by atoms with E-state index in [1.54, 1.807) is 23.0 Å². The molecule has 1 N–H and O–H groups in total. The van der Waals surface area contributed by atoms with Gasteiger partial charge in [-0.2, -0.15) is 5.10 Å². The Hall–Kier alpha value is -3.27. The lowest BCUT2D eigenvalue weighted by atomic mass is 9.76. The number of fused-ring (bicyclic) bond motifs is 3. The summed E-state index contributed by atoms with van der Waals surface area (Å²) in [6, 6.07) is 3.64. The first-order valence-electron chi connectivity index (χ1n) is 11.2. The first-order chi connectivity index (χ1) is 15.6. The summed E-state index contributed by atoms with van der Waals surface area (Å²) in [5, 5.41) is 4.27. The van der Waals surface area contributed by atoms with Crippen molar-refractivity contribution in [1.29, 1.82) is 0 Å². The van der Waals surface area contributed by atoms with E-state index in [0.717, 1.165) is 50.0 Å². The van der Waals surface area contributed by atoms with Crippen molar-refractivity contribution in [2.45, 2.75) is 31.1 Å². The Kier molecular flexibility index (Phi) is 4.49. The number of carbonyl (C=O) groups is 1. The molecule has 166 valence electrons.